The molecule has 6 heteroatoms. The topological polar surface area (TPSA) is 26.3 Å². The lowest BCUT2D eigenvalue weighted by Gasteiger charge is -2.12. The van der Waals surface area contributed by atoms with Crippen molar-refractivity contribution in [2.24, 2.45) is 0 Å². The largest absolute Gasteiger partial charge is 0.462 e. The quantitative estimate of drug-likeness (QED) is 0.412. The maximum absolute atomic E-state index is 11.9. The third-order valence-corrected chi connectivity index (χ3v) is 4.10. The second kappa shape index (κ2) is 7.26. The predicted octanol–water partition coefficient (Wildman–Crippen LogP) is 5.44. The van der Waals surface area contributed by atoms with E-state index in [1.165, 1.54) is 0 Å². The number of rotatable bonds is 4. The van der Waals surface area contributed by atoms with E-state index in [0.29, 0.717) is 12.2 Å². The predicted molar refractivity (Wildman–Crippen MR) is 83.6 cm³/mol. The fraction of sp³-hybridized carbons (Fsp3) is 0.364. The van der Waals surface area contributed by atoms with Crippen LogP contribution < -0.4 is 0 Å². The number of hydrogen-bond donors (Lipinski definition) is 0. The molecule has 2 nitrogen and oxygen atoms in total. The summed E-state index contributed by atoms with van der Waals surface area (Å²) in [6.07, 6.45) is 0. The van der Waals surface area contributed by atoms with Gasteiger partial charge >= 0.3 is 5.97 Å². The molecule has 0 amide bonds. The van der Waals surface area contributed by atoms with Crippen LogP contribution in [0.4, 0.5) is 0 Å². The monoisotopic (exact) mass is 490 g/mol. The van der Waals surface area contributed by atoms with Crippen molar-refractivity contribution in [2.75, 3.05) is 6.61 Å². The number of halogens is 4. The lowest BCUT2D eigenvalue weighted by molar-refractivity contribution is 0.0525. The SMILES string of the molecule is CCOC(=O)c1cc(C(Br)Br)ccc1C(Br)Br. The van der Waals surface area contributed by atoms with Crippen LogP contribution in [0.15, 0.2) is 18.2 Å². The molecule has 0 aromatic heterocycles. The molecule has 0 bridgehead atoms. The van der Waals surface area contributed by atoms with E-state index in [-0.39, 0.29) is 13.4 Å². The van der Waals surface area contributed by atoms with Gasteiger partial charge in [-0.05, 0) is 24.1 Å². The molecule has 1 aromatic rings. The third kappa shape index (κ3) is 4.33. The van der Waals surface area contributed by atoms with Crippen LogP contribution in [0.2, 0.25) is 0 Å². The van der Waals surface area contributed by atoms with Gasteiger partial charge in [0.25, 0.3) is 0 Å². The Kier molecular flexibility index (Phi) is 6.69. The Morgan fingerprint density at radius 2 is 1.88 bits per heavy atom. The molecule has 94 valence electrons. The average molecular weight is 494 g/mol. The molecule has 0 aliphatic heterocycles. The third-order valence-electron chi connectivity index (χ3n) is 2.06. The molecule has 0 saturated heterocycles. The summed E-state index contributed by atoms with van der Waals surface area (Å²) in [4.78, 5) is 11.9. The van der Waals surface area contributed by atoms with Crippen LogP contribution in [0.25, 0.3) is 0 Å². The molecule has 0 saturated carbocycles. The van der Waals surface area contributed by atoms with E-state index in [2.05, 4.69) is 63.7 Å². The van der Waals surface area contributed by atoms with Crippen molar-refractivity contribution < 1.29 is 9.53 Å². The van der Waals surface area contributed by atoms with Crippen LogP contribution in [-0.4, -0.2) is 12.6 Å². The molecule has 0 aliphatic rings. The number of ether oxygens (including phenoxy) is 1. The summed E-state index contributed by atoms with van der Waals surface area (Å²) in [5.41, 5.74) is 2.39. The van der Waals surface area contributed by atoms with Gasteiger partial charge in [-0.3, -0.25) is 0 Å². The number of esters is 1. The molecule has 1 rings (SSSR count). The fourth-order valence-electron chi connectivity index (χ4n) is 1.29. The molecule has 0 fully saturated rings. The molecule has 0 radical (unpaired) electrons. The Morgan fingerprint density at radius 1 is 1.24 bits per heavy atom. The minimum absolute atomic E-state index is 0.0151. The smallest absolute Gasteiger partial charge is 0.338 e. The summed E-state index contributed by atoms with van der Waals surface area (Å²) in [5.74, 6) is -0.311. The van der Waals surface area contributed by atoms with E-state index in [9.17, 15) is 4.79 Å². The normalized spacial score (nSPS) is 11.0. The highest BCUT2D eigenvalue weighted by molar-refractivity contribution is 9.24. The molecule has 0 aliphatic carbocycles. The Morgan fingerprint density at radius 3 is 2.35 bits per heavy atom. The summed E-state index contributed by atoms with van der Waals surface area (Å²) in [5, 5.41) is 0. The average Bonchev–Trinajstić information content (AvgIpc) is 2.28. The summed E-state index contributed by atoms with van der Waals surface area (Å²) in [7, 11) is 0. The van der Waals surface area contributed by atoms with E-state index in [1.54, 1.807) is 6.92 Å². The minimum atomic E-state index is -0.311. The van der Waals surface area contributed by atoms with Crippen LogP contribution in [0.1, 0.15) is 35.9 Å². The van der Waals surface area contributed by atoms with Crippen LogP contribution in [0.5, 0.6) is 0 Å². The van der Waals surface area contributed by atoms with Gasteiger partial charge in [-0.15, -0.1) is 0 Å². The van der Waals surface area contributed by atoms with Gasteiger partial charge < -0.3 is 4.74 Å². The molecule has 0 unspecified atom stereocenters. The first-order chi connectivity index (χ1) is 7.97. The highest BCUT2D eigenvalue weighted by Crippen LogP contribution is 2.36. The molecule has 0 heterocycles. The zero-order valence-electron chi connectivity index (χ0n) is 8.92. The molecule has 1 aromatic carbocycles. The van der Waals surface area contributed by atoms with Gasteiger partial charge in [-0.25, -0.2) is 4.79 Å². The zero-order valence-corrected chi connectivity index (χ0v) is 15.3. The molecular weight excluding hydrogens is 484 g/mol. The van der Waals surface area contributed by atoms with Crippen molar-refractivity contribution in [3.8, 4) is 0 Å². The van der Waals surface area contributed by atoms with E-state index < -0.39 is 0 Å². The zero-order chi connectivity index (χ0) is 13.0. The number of carbonyl (C=O) groups is 1. The molecular formula is C11H10Br4O2. The van der Waals surface area contributed by atoms with Crippen molar-refractivity contribution in [3.05, 3.63) is 34.9 Å². The van der Waals surface area contributed by atoms with E-state index in [0.717, 1.165) is 11.1 Å². The fourth-order valence-corrected chi connectivity index (χ4v) is 2.65. The lowest BCUT2D eigenvalue weighted by atomic mass is 10.1. The maximum Gasteiger partial charge on any atom is 0.338 e. The highest BCUT2D eigenvalue weighted by Gasteiger charge is 2.18. The minimum Gasteiger partial charge on any atom is -0.462 e. The van der Waals surface area contributed by atoms with E-state index in [1.807, 2.05) is 18.2 Å². The first kappa shape index (κ1) is 15.7. The van der Waals surface area contributed by atoms with Gasteiger partial charge in [0.2, 0.25) is 0 Å². The number of benzene rings is 1. The molecule has 0 atom stereocenters. The van der Waals surface area contributed by atoms with Crippen LogP contribution in [0.3, 0.4) is 0 Å². The Labute approximate surface area is 134 Å². The second-order valence-corrected chi connectivity index (χ2v) is 9.29. The van der Waals surface area contributed by atoms with Crippen LogP contribution in [-0.2, 0) is 4.74 Å². The van der Waals surface area contributed by atoms with E-state index in [4.69, 9.17) is 4.74 Å². The number of carbonyl (C=O) groups excluding carboxylic acids is 1. The van der Waals surface area contributed by atoms with Gasteiger partial charge in [0.15, 0.2) is 0 Å². The summed E-state index contributed by atoms with van der Waals surface area (Å²) in [6, 6.07) is 5.66. The van der Waals surface area contributed by atoms with Crippen molar-refractivity contribution in [1.82, 2.24) is 0 Å². The molecule has 17 heavy (non-hydrogen) atoms. The Balaban J connectivity index is 3.20. The lowest BCUT2D eigenvalue weighted by Crippen LogP contribution is -2.08. The van der Waals surface area contributed by atoms with Crippen molar-refractivity contribution in [1.29, 1.82) is 0 Å². The Hall–Kier alpha value is 0.610. The van der Waals surface area contributed by atoms with Gasteiger partial charge in [0, 0.05) is 0 Å². The Bertz CT molecular complexity index is 404. The van der Waals surface area contributed by atoms with E-state index >= 15 is 0 Å². The van der Waals surface area contributed by atoms with Crippen LogP contribution >= 0.6 is 63.7 Å². The standard InChI is InChI=1S/C11H10Br4O2/c1-2-17-11(16)8-5-6(9(12)13)3-4-7(8)10(14)15/h3-5,9-10H,2H2,1H3. The summed E-state index contributed by atoms with van der Waals surface area (Å²) < 4.78 is 4.98. The second-order valence-electron chi connectivity index (χ2n) is 3.17. The van der Waals surface area contributed by atoms with Gasteiger partial charge in [0.05, 0.1) is 19.6 Å². The van der Waals surface area contributed by atoms with Crippen LogP contribution in [0, 0.1) is 0 Å². The van der Waals surface area contributed by atoms with Crippen molar-refractivity contribution >= 4 is 69.7 Å². The van der Waals surface area contributed by atoms with Crippen molar-refractivity contribution in [2.45, 2.75) is 14.4 Å². The summed E-state index contributed by atoms with van der Waals surface area (Å²) in [6.45, 7) is 2.16. The first-order valence-corrected chi connectivity index (χ1v) is 8.50. The first-order valence-electron chi connectivity index (χ1n) is 4.84. The highest BCUT2D eigenvalue weighted by atomic mass is 79.9. The number of alkyl halides is 4. The van der Waals surface area contributed by atoms with Crippen molar-refractivity contribution in [3.63, 3.8) is 0 Å². The van der Waals surface area contributed by atoms with Gasteiger partial charge in [0.1, 0.15) is 0 Å². The number of hydrogen-bond acceptors (Lipinski definition) is 2. The molecule has 0 N–H and O–H groups in total. The maximum atomic E-state index is 11.9. The van der Waals surface area contributed by atoms with Gasteiger partial charge in [-0.1, -0.05) is 75.9 Å². The summed E-state index contributed by atoms with van der Waals surface area (Å²) >= 11 is 13.6. The molecule has 0 spiro atoms. The van der Waals surface area contributed by atoms with Gasteiger partial charge in [-0.2, -0.15) is 0 Å².